The summed E-state index contributed by atoms with van der Waals surface area (Å²) >= 11 is 0. The van der Waals surface area contributed by atoms with Crippen molar-refractivity contribution in [2.24, 2.45) is 0 Å². The van der Waals surface area contributed by atoms with Gasteiger partial charge in [-0.25, -0.2) is 4.79 Å². The Bertz CT molecular complexity index is 1610. The Hall–Kier alpha value is -3.82. The molecular formula is C34H38N2O5Si. The molecule has 0 amide bonds. The summed E-state index contributed by atoms with van der Waals surface area (Å²) in [4.78, 5) is 27.2. The summed E-state index contributed by atoms with van der Waals surface area (Å²) in [6.07, 6.45) is 3.61. The number of aliphatic hydroxyl groups is 1. The predicted molar refractivity (Wildman–Crippen MR) is 169 cm³/mol. The van der Waals surface area contributed by atoms with Crippen LogP contribution in [0.2, 0.25) is 5.04 Å². The molecule has 5 rings (SSSR count). The maximum Gasteiger partial charge on any atom is 0.330 e. The Morgan fingerprint density at radius 3 is 2.07 bits per heavy atom. The van der Waals surface area contributed by atoms with Gasteiger partial charge in [0.05, 0.1) is 6.61 Å². The molecule has 4 aromatic rings. The molecule has 2 N–H and O–H groups in total. The number of aromatic amines is 1. The van der Waals surface area contributed by atoms with E-state index in [4.69, 9.17) is 9.16 Å². The fourth-order valence-electron chi connectivity index (χ4n) is 5.86. The Kier molecular flexibility index (Phi) is 8.34. The Morgan fingerprint density at radius 2 is 1.52 bits per heavy atom. The van der Waals surface area contributed by atoms with E-state index in [1.807, 2.05) is 72.8 Å². The van der Waals surface area contributed by atoms with Gasteiger partial charge >= 0.3 is 5.69 Å². The molecule has 0 spiro atoms. The minimum Gasteiger partial charge on any atom is -0.405 e. The van der Waals surface area contributed by atoms with Crippen LogP contribution in [0.5, 0.6) is 0 Å². The van der Waals surface area contributed by atoms with Crippen molar-refractivity contribution >= 4 is 24.8 Å². The molecule has 0 aliphatic carbocycles. The zero-order chi connectivity index (χ0) is 30.0. The summed E-state index contributed by atoms with van der Waals surface area (Å²) in [5, 5.41) is 14.1. The first kappa shape index (κ1) is 29.7. The molecule has 218 valence electrons. The molecule has 0 radical (unpaired) electrons. The van der Waals surface area contributed by atoms with Gasteiger partial charge in [0, 0.05) is 18.2 Å². The van der Waals surface area contributed by atoms with Crippen LogP contribution in [-0.2, 0) is 9.16 Å². The fourth-order valence-corrected chi connectivity index (χ4v) is 10.4. The van der Waals surface area contributed by atoms with Crippen LogP contribution < -0.4 is 21.6 Å². The molecular weight excluding hydrogens is 544 g/mol. The number of nitrogens with zero attached hydrogens (tertiary/aromatic N) is 1. The van der Waals surface area contributed by atoms with Crippen LogP contribution in [-0.4, -0.2) is 41.3 Å². The lowest BCUT2D eigenvalue weighted by molar-refractivity contribution is -0.0620. The van der Waals surface area contributed by atoms with Crippen molar-refractivity contribution in [1.29, 1.82) is 0 Å². The highest BCUT2D eigenvalue weighted by molar-refractivity contribution is 6.99. The van der Waals surface area contributed by atoms with E-state index >= 15 is 0 Å². The lowest BCUT2D eigenvalue weighted by Crippen LogP contribution is -2.67. The zero-order valence-corrected chi connectivity index (χ0v) is 25.5. The second-order valence-electron chi connectivity index (χ2n) is 12.0. The maximum atomic E-state index is 12.8. The molecule has 1 aromatic heterocycles. The predicted octanol–water partition coefficient (Wildman–Crippen LogP) is 4.15. The summed E-state index contributed by atoms with van der Waals surface area (Å²) in [6.45, 7) is 8.32. The van der Waals surface area contributed by atoms with E-state index in [2.05, 4.69) is 50.0 Å². The molecule has 1 fully saturated rings. The number of ether oxygens (including phenoxy) is 1. The number of hydrogen-bond donors (Lipinski definition) is 2. The number of hydrogen-bond acceptors (Lipinski definition) is 5. The number of benzene rings is 3. The van der Waals surface area contributed by atoms with E-state index < -0.39 is 37.5 Å². The van der Waals surface area contributed by atoms with Crippen molar-refractivity contribution in [3.8, 4) is 0 Å². The number of rotatable bonds is 8. The average Bonchev–Trinajstić information content (AvgIpc) is 3.31. The van der Waals surface area contributed by atoms with Crippen LogP contribution >= 0.6 is 0 Å². The third kappa shape index (κ3) is 5.76. The summed E-state index contributed by atoms with van der Waals surface area (Å²) in [5.41, 5.74) is -1.17. The maximum absolute atomic E-state index is 12.8. The van der Waals surface area contributed by atoms with E-state index in [0.29, 0.717) is 5.56 Å². The summed E-state index contributed by atoms with van der Waals surface area (Å²) in [5.74, 6) is 0. The van der Waals surface area contributed by atoms with E-state index in [1.54, 1.807) is 13.0 Å². The Morgan fingerprint density at radius 1 is 0.976 bits per heavy atom. The molecule has 0 unspecified atom stereocenters. The van der Waals surface area contributed by atoms with Crippen LogP contribution in [0, 0.1) is 6.92 Å². The van der Waals surface area contributed by atoms with E-state index in [9.17, 15) is 14.7 Å². The van der Waals surface area contributed by atoms with Gasteiger partial charge in [-0.3, -0.25) is 14.3 Å². The van der Waals surface area contributed by atoms with Crippen LogP contribution in [0.1, 0.15) is 44.5 Å². The smallest absolute Gasteiger partial charge is 0.330 e. The van der Waals surface area contributed by atoms with Crippen LogP contribution in [0.4, 0.5) is 0 Å². The highest BCUT2D eigenvalue weighted by Crippen LogP contribution is 2.41. The Labute approximate surface area is 247 Å². The lowest BCUT2D eigenvalue weighted by Gasteiger charge is -2.44. The number of H-pyrrole nitrogens is 1. The highest BCUT2D eigenvalue weighted by Gasteiger charge is 2.53. The van der Waals surface area contributed by atoms with Gasteiger partial charge in [0.25, 0.3) is 13.9 Å². The van der Waals surface area contributed by atoms with E-state index in [0.717, 1.165) is 15.9 Å². The summed E-state index contributed by atoms with van der Waals surface area (Å²) in [6, 6.07) is 30.3. The molecule has 1 aliphatic rings. The van der Waals surface area contributed by atoms with Crippen molar-refractivity contribution in [3.05, 3.63) is 135 Å². The van der Waals surface area contributed by atoms with E-state index in [-0.39, 0.29) is 18.1 Å². The van der Waals surface area contributed by atoms with Crippen molar-refractivity contribution in [1.82, 2.24) is 9.55 Å². The first-order valence-corrected chi connectivity index (χ1v) is 16.1. The standard InChI is InChI=1S/C34H38N2O5Si/c1-25-23-36(32(38)35-31(25)37)30-22-34(39,21-20-26-14-8-5-9-15-26)29(41-30)24-40-42(33(2,3)4,27-16-10-6-11-17-27)28-18-12-7-13-19-28/h5-21,23,29-30,39H,22,24H2,1-4H3,(H,35,37,38)/t29-,30-,34+/m1/s1. The molecule has 8 heteroatoms. The third-order valence-corrected chi connectivity index (χ3v) is 13.1. The van der Waals surface area contributed by atoms with Crippen molar-refractivity contribution in [3.63, 3.8) is 0 Å². The Balaban J connectivity index is 1.56. The third-order valence-electron chi connectivity index (χ3n) is 8.07. The molecule has 1 saturated heterocycles. The molecule has 42 heavy (non-hydrogen) atoms. The van der Waals surface area contributed by atoms with Crippen molar-refractivity contribution in [2.75, 3.05) is 6.61 Å². The first-order valence-electron chi connectivity index (χ1n) is 14.2. The van der Waals surface area contributed by atoms with Gasteiger partial charge in [-0.05, 0) is 34.0 Å². The van der Waals surface area contributed by atoms with Crippen LogP contribution in [0.3, 0.4) is 0 Å². The monoisotopic (exact) mass is 582 g/mol. The number of aryl methyl sites for hydroxylation is 1. The number of nitrogens with one attached hydrogen (secondary N) is 1. The second-order valence-corrected chi connectivity index (χ2v) is 16.3. The van der Waals surface area contributed by atoms with E-state index in [1.165, 1.54) is 10.8 Å². The second kappa shape index (κ2) is 11.8. The topological polar surface area (TPSA) is 93.6 Å². The lowest BCUT2D eigenvalue weighted by atomic mass is 9.93. The molecule has 3 atom stereocenters. The normalized spacial score (nSPS) is 21.2. The minimum absolute atomic E-state index is 0.0937. The van der Waals surface area contributed by atoms with Gasteiger partial charge in [0.2, 0.25) is 0 Å². The number of aromatic nitrogens is 2. The zero-order valence-electron chi connectivity index (χ0n) is 24.5. The summed E-state index contributed by atoms with van der Waals surface area (Å²) < 4.78 is 14.9. The molecule has 3 aromatic carbocycles. The van der Waals surface area contributed by atoms with Crippen molar-refractivity contribution < 1.29 is 14.3 Å². The molecule has 0 bridgehead atoms. The van der Waals surface area contributed by atoms with Gasteiger partial charge in [0.15, 0.2) is 0 Å². The highest BCUT2D eigenvalue weighted by atomic mass is 28.4. The molecule has 1 aliphatic heterocycles. The molecule has 2 heterocycles. The minimum atomic E-state index is -2.93. The molecule has 0 saturated carbocycles. The van der Waals surface area contributed by atoms with Gasteiger partial charge in [0.1, 0.15) is 17.9 Å². The quantitative estimate of drug-likeness (QED) is 0.305. The van der Waals surface area contributed by atoms with Gasteiger partial charge in [-0.2, -0.15) is 0 Å². The molecule has 7 nitrogen and oxygen atoms in total. The van der Waals surface area contributed by atoms with Crippen molar-refractivity contribution in [2.45, 2.75) is 57.1 Å². The summed E-state index contributed by atoms with van der Waals surface area (Å²) in [7, 11) is -2.93. The van der Waals surface area contributed by atoms with Crippen LogP contribution in [0.25, 0.3) is 6.08 Å². The van der Waals surface area contributed by atoms with Gasteiger partial charge in [-0.1, -0.05) is 118 Å². The first-order chi connectivity index (χ1) is 20.0. The SMILES string of the molecule is Cc1cn([C@H]2C[C@@](O)(C=Cc3ccccc3)[C@@H](CO[Si](c3ccccc3)(c3ccccc3)C(C)(C)C)O2)c(=O)[nH]c1=O. The van der Waals surface area contributed by atoms with Gasteiger partial charge in [-0.15, -0.1) is 0 Å². The largest absolute Gasteiger partial charge is 0.405 e. The average molecular weight is 583 g/mol. The fraction of sp³-hybridized carbons (Fsp3) is 0.294. The van der Waals surface area contributed by atoms with Gasteiger partial charge < -0.3 is 14.3 Å². The van der Waals surface area contributed by atoms with Crippen LogP contribution in [0.15, 0.2) is 113 Å².